The number of halogens is 1. The second-order valence-electron chi connectivity index (χ2n) is 5.44. The third kappa shape index (κ3) is 4.77. The summed E-state index contributed by atoms with van der Waals surface area (Å²) in [6, 6.07) is 0. The highest BCUT2D eigenvalue weighted by Gasteiger charge is 2.28. The standard InChI is InChI=1S/C16H35ClN2/c1-7-18(8-2,9-3)15-13-14-16(17)19(10-4,11-5)12-6/h13-14,16H,7-12,15H2,1-6H3/q+2. The van der Waals surface area contributed by atoms with Crippen LogP contribution >= 0.6 is 11.6 Å². The van der Waals surface area contributed by atoms with Crippen LogP contribution in [0, 0.1) is 0 Å². The fraction of sp³-hybridized carbons (Fsp3) is 0.875. The first-order valence-corrected chi connectivity index (χ1v) is 8.44. The van der Waals surface area contributed by atoms with Crippen molar-refractivity contribution in [2.24, 2.45) is 0 Å². The van der Waals surface area contributed by atoms with E-state index in [1.165, 1.54) is 19.6 Å². The molecule has 1 atom stereocenters. The number of likely N-dealkylation sites (N-methyl/N-ethyl adjacent to an activating group) is 2. The molecule has 0 rings (SSSR count). The van der Waals surface area contributed by atoms with E-state index in [2.05, 4.69) is 53.7 Å². The minimum Gasteiger partial charge on any atom is -0.321 e. The molecule has 0 aliphatic rings. The summed E-state index contributed by atoms with van der Waals surface area (Å²) >= 11 is 6.64. The summed E-state index contributed by atoms with van der Waals surface area (Å²) in [4.78, 5) is 0. The van der Waals surface area contributed by atoms with E-state index in [1.54, 1.807) is 0 Å². The maximum Gasteiger partial charge on any atom is 0.184 e. The van der Waals surface area contributed by atoms with Gasteiger partial charge in [-0.1, -0.05) is 11.6 Å². The smallest absolute Gasteiger partial charge is 0.184 e. The summed E-state index contributed by atoms with van der Waals surface area (Å²) in [5.74, 6) is 0. The molecule has 0 amide bonds. The first kappa shape index (κ1) is 18.9. The molecule has 0 aliphatic carbocycles. The molecule has 0 aromatic heterocycles. The predicted octanol–water partition coefficient (Wildman–Crippen LogP) is 3.86. The van der Waals surface area contributed by atoms with Gasteiger partial charge in [-0.2, -0.15) is 0 Å². The molecular weight excluding hydrogens is 256 g/mol. The molecule has 3 heteroatoms. The first-order valence-electron chi connectivity index (χ1n) is 8.01. The Bertz CT molecular complexity index is 239. The SMILES string of the molecule is CC[N+](CC)(CC)CC=CC(Cl)[N+](CC)(CC)CC. The lowest BCUT2D eigenvalue weighted by molar-refractivity contribution is -0.929. The maximum atomic E-state index is 6.64. The van der Waals surface area contributed by atoms with Crippen LogP contribution in [0.5, 0.6) is 0 Å². The van der Waals surface area contributed by atoms with Gasteiger partial charge < -0.3 is 8.97 Å². The first-order chi connectivity index (χ1) is 8.99. The van der Waals surface area contributed by atoms with Gasteiger partial charge in [0.25, 0.3) is 0 Å². The lowest BCUT2D eigenvalue weighted by Crippen LogP contribution is -2.52. The average molecular weight is 291 g/mol. The fourth-order valence-electron chi connectivity index (χ4n) is 2.83. The van der Waals surface area contributed by atoms with Crippen molar-refractivity contribution >= 4 is 11.6 Å². The molecule has 0 saturated carbocycles. The van der Waals surface area contributed by atoms with E-state index in [-0.39, 0.29) is 5.50 Å². The van der Waals surface area contributed by atoms with E-state index in [4.69, 9.17) is 11.6 Å². The van der Waals surface area contributed by atoms with E-state index in [1.807, 2.05) is 0 Å². The van der Waals surface area contributed by atoms with Crippen molar-refractivity contribution in [3.8, 4) is 0 Å². The van der Waals surface area contributed by atoms with Gasteiger partial charge in [-0.3, -0.25) is 0 Å². The molecule has 0 N–H and O–H groups in total. The Hall–Kier alpha value is -0.0500. The third-order valence-electron chi connectivity index (χ3n) is 5.21. The van der Waals surface area contributed by atoms with Gasteiger partial charge in [-0.25, -0.2) is 0 Å². The lowest BCUT2D eigenvalue weighted by atomic mass is 10.2. The van der Waals surface area contributed by atoms with Crippen LogP contribution in [0.2, 0.25) is 0 Å². The van der Waals surface area contributed by atoms with Gasteiger partial charge in [0.1, 0.15) is 0 Å². The number of hydrogen-bond acceptors (Lipinski definition) is 0. The third-order valence-corrected chi connectivity index (χ3v) is 5.77. The van der Waals surface area contributed by atoms with Crippen LogP contribution < -0.4 is 0 Å². The molecule has 0 aromatic carbocycles. The molecule has 114 valence electrons. The quantitative estimate of drug-likeness (QED) is 0.248. The van der Waals surface area contributed by atoms with Crippen LogP contribution in [0.1, 0.15) is 41.5 Å². The molecule has 2 nitrogen and oxygen atoms in total. The van der Waals surface area contributed by atoms with Crippen molar-refractivity contribution < 1.29 is 8.97 Å². The normalized spacial score (nSPS) is 15.1. The van der Waals surface area contributed by atoms with Crippen LogP contribution in [0.25, 0.3) is 0 Å². The largest absolute Gasteiger partial charge is 0.321 e. The Morgan fingerprint density at radius 2 is 1.21 bits per heavy atom. The highest BCUT2D eigenvalue weighted by atomic mass is 35.5. The number of hydrogen-bond donors (Lipinski definition) is 0. The molecule has 0 heterocycles. The van der Waals surface area contributed by atoms with E-state index >= 15 is 0 Å². The predicted molar refractivity (Wildman–Crippen MR) is 87.4 cm³/mol. The summed E-state index contributed by atoms with van der Waals surface area (Å²) in [6.45, 7) is 21.5. The van der Waals surface area contributed by atoms with Crippen molar-refractivity contribution in [1.82, 2.24) is 0 Å². The van der Waals surface area contributed by atoms with Gasteiger partial charge in [0, 0.05) is 0 Å². The molecular formula is C16H35ClN2+2. The van der Waals surface area contributed by atoms with Crippen molar-refractivity contribution in [3.63, 3.8) is 0 Å². The van der Waals surface area contributed by atoms with E-state index < -0.39 is 0 Å². The fourth-order valence-corrected chi connectivity index (χ4v) is 3.35. The monoisotopic (exact) mass is 290 g/mol. The van der Waals surface area contributed by atoms with Crippen LogP contribution in [-0.2, 0) is 0 Å². The van der Waals surface area contributed by atoms with E-state index in [0.717, 1.165) is 35.1 Å². The second kappa shape index (κ2) is 8.99. The number of alkyl halides is 1. The molecule has 19 heavy (non-hydrogen) atoms. The van der Waals surface area contributed by atoms with Crippen molar-refractivity contribution in [2.75, 3.05) is 45.8 Å². The maximum absolute atomic E-state index is 6.64. The summed E-state index contributed by atoms with van der Waals surface area (Å²) < 4.78 is 2.13. The van der Waals surface area contributed by atoms with Gasteiger partial charge in [0.2, 0.25) is 0 Å². The van der Waals surface area contributed by atoms with Crippen LogP contribution in [0.3, 0.4) is 0 Å². The summed E-state index contributed by atoms with van der Waals surface area (Å²) in [6.07, 6.45) is 4.54. The van der Waals surface area contributed by atoms with Gasteiger partial charge >= 0.3 is 0 Å². The zero-order valence-electron chi connectivity index (χ0n) is 14.0. The summed E-state index contributed by atoms with van der Waals surface area (Å²) in [5.41, 5.74) is 0.104. The van der Waals surface area contributed by atoms with Crippen LogP contribution in [0.15, 0.2) is 12.2 Å². The Morgan fingerprint density at radius 3 is 1.53 bits per heavy atom. The molecule has 0 aliphatic heterocycles. The lowest BCUT2D eigenvalue weighted by Gasteiger charge is -2.39. The topological polar surface area (TPSA) is 0 Å². The number of nitrogens with zero attached hydrogens (tertiary/aromatic N) is 2. The van der Waals surface area contributed by atoms with Gasteiger partial charge in [0.15, 0.2) is 5.50 Å². The Balaban J connectivity index is 4.71. The average Bonchev–Trinajstić information content (AvgIpc) is 2.46. The highest BCUT2D eigenvalue weighted by molar-refractivity contribution is 6.20. The minimum absolute atomic E-state index is 0.104. The summed E-state index contributed by atoms with van der Waals surface area (Å²) in [7, 11) is 0. The van der Waals surface area contributed by atoms with E-state index in [9.17, 15) is 0 Å². The highest BCUT2D eigenvalue weighted by Crippen LogP contribution is 2.18. The van der Waals surface area contributed by atoms with Crippen LogP contribution in [0.4, 0.5) is 0 Å². The molecule has 0 spiro atoms. The molecule has 0 bridgehead atoms. The number of quaternary nitrogens is 2. The zero-order chi connectivity index (χ0) is 14.9. The van der Waals surface area contributed by atoms with Crippen LogP contribution in [-0.4, -0.2) is 60.3 Å². The van der Waals surface area contributed by atoms with Crippen molar-refractivity contribution in [3.05, 3.63) is 12.2 Å². The zero-order valence-corrected chi connectivity index (χ0v) is 14.7. The van der Waals surface area contributed by atoms with Gasteiger partial charge in [-0.15, -0.1) is 0 Å². The molecule has 1 unspecified atom stereocenters. The Labute approximate surface area is 126 Å². The molecule has 0 aromatic rings. The molecule has 0 radical (unpaired) electrons. The van der Waals surface area contributed by atoms with Gasteiger partial charge in [-0.05, 0) is 53.7 Å². The Kier molecular flexibility index (Phi) is 8.97. The van der Waals surface area contributed by atoms with Gasteiger partial charge in [0.05, 0.1) is 45.8 Å². The Morgan fingerprint density at radius 1 is 0.789 bits per heavy atom. The molecule has 0 saturated heterocycles. The second-order valence-corrected chi connectivity index (χ2v) is 5.89. The summed E-state index contributed by atoms with van der Waals surface area (Å²) in [5, 5.41) is 0. The van der Waals surface area contributed by atoms with Crippen molar-refractivity contribution in [1.29, 1.82) is 0 Å². The van der Waals surface area contributed by atoms with Crippen molar-refractivity contribution in [2.45, 2.75) is 47.0 Å². The number of rotatable bonds is 10. The molecule has 0 fully saturated rings. The van der Waals surface area contributed by atoms with E-state index in [0.29, 0.717) is 0 Å². The minimum atomic E-state index is 0.104.